The number of nitrogens with zero attached hydrogens (tertiary/aromatic N) is 4. The second-order valence-electron chi connectivity index (χ2n) is 4.96. The zero-order valence-corrected chi connectivity index (χ0v) is 11.4. The minimum absolute atomic E-state index is 0.0829. The van der Waals surface area contributed by atoms with Gasteiger partial charge in [-0.1, -0.05) is 13.8 Å². The SMILES string of the molecule is Cc1nc2c(N)nc(F)nc2n1CCNCC(C)C. The van der Waals surface area contributed by atoms with E-state index in [1.807, 2.05) is 11.5 Å². The first-order valence-electron chi connectivity index (χ1n) is 6.35. The molecule has 0 unspecified atom stereocenters. The third-order valence-corrected chi connectivity index (χ3v) is 2.85. The number of aromatic nitrogens is 4. The van der Waals surface area contributed by atoms with Crippen molar-refractivity contribution in [3.63, 3.8) is 0 Å². The molecule has 7 heteroatoms. The van der Waals surface area contributed by atoms with Crippen LogP contribution < -0.4 is 11.1 Å². The number of imidazole rings is 1. The van der Waals surface area contributed by atoms with Crippen molar-refractivity contribution in [2.45, 2.75) is 27.3 Å². The number of nitrogens with one attached hydrogen (secondary N) is 1. The molecular formula is C12H19FN6. The van der Waals surface area contributed by atoms with Gasteiger partial charge in [0, 0.05) is 13.1 Å². The zero-order valence-electron chi connectivity index (χ0n) is 11.4. The van der Waals surface area contributed by atoms with Gasteiger partial charge in [0.15, 0.2) is 17.0 Å². The average Bonchev–Trinajstić information content (AvgIpc) is 2.62. The van der Waals surface area contributed by atoms with Crippen LogP contribution in [0.5, 0.6) is 0 Å². The number of nitrogens with two attached hydrogens (primary N) is 1. The number of fused-ring (bicyclic) bond motifs is 1. The standard InChI is InChI=1S/C12H19FN6/c1-7(2)6-15-4-5-19-8(3)16-9-10(14)17-12(13)18-11(9)19/h7,15H,4-6H2,1-3H3,(H2,14,17,18). The van der Waals surface area contributed by atoms with Crippen molar-refractivity contribution < 1.29 is 4.39 Å². The average molecular weight is 266 g/mol. The predicted octanol–water partition coefficient (Wildman–Crippen LogP) is 1.10. The molecule has 0 fully saturated rings. The number of halogens is 1. The van der Waals surface area contributed by atoms with E-state index < -0.39 is 6.08 Å². The van der Waals surface area contributed by atoms with Crippen molar-refractivity contribution in [2.75, 3.05) is 18.8 Å². The van der Waals surface area contributed by atoms with E-state index in [-0.39, 0.29) is 5.82 Å². The Morgan fingerprint density at radius 3 is 2.74 bits per heavy atom. The molecule has 0 radical (unpaired) electrons. The Morgan fingerprint density at radius 2 is 2.05 bits per heavy atom. The molecule has 0 saturated heterocycles. The summed E-state index contributed by atoms with van der Waals surface area (Å²) in [6.45, 7) is 8.53. The lowest BCUT2D eigenvalue weighted by molar-refractivity contribution is 0.519. The second-order valence-corrected chi connectivity index (χ2v) is 4.96. The van der Waals surface area contributed by atoms with E-state index in [0.717, 1.165) is 18.9 Å². The summed E-state index contributed by atoms with van der Waals surface area (Å²) in [5.74, 6) is 1.43. The van der Waals surface area contributed by atoms with Crippen molar-refractivity contribution in [1.82, 2.24) is 24.8 Å². The van der Waals surface area contributed by atoms with E-state index in [1.54, 1.807) is 0 Å². The number of hydrogen-bond donors (Lipinski definition) is 2. The second kappa shape index (κ2) is 5.48. The summed E-state index contributed by atoms with van der Waals surface area (Å²) in [6.07, 6.45) is -0.818. The van der Waals surface area contributed by atoms with Crippen LogP contribution in [0.25, 0.3) is 11.2 Å². The maximum absolute atomic E-state index is 13.2. The summed E-state index contributed by atoms with van der Waals surface area (Å²) in [5.41, 5.74) is 6.56. The largest absolute Gasteiger partial charge is 0.382 e. The molecule has 2 rings (SSSR count). The van der Waals surface area contributed by atoms with Crippen LogP contribution in [0.4, 0.5) is 10.2 Å². The molecule has 0 bridgehead atoms. The number of nitrogen functional groups attached to an aromatic ring is 1. The third kappa shape index (κ3) is 2.98. The molecule has 104 valence electrons. The Morgan fingerprint density at radius 1 is 1.32 bits per heavy atom. The van der Waals surface area contributed by atoms with Gasteiger partial charge in [-0.25, -0.2) is 4.98 Å². The van der Waals surface area contributed by atoms with E-state index in [2.05, 4.69) is 34.1 Å². The van der Waals surface area contributed by atoms with Crippen LogP contribution in [-0.4, -0.2) is 32.6 Å². The highest BCUT2D eigenvalue weighted by molar-refractivity contribution is 5.81. The van der Waals surface area contributed by atoms with Gasteiger partial charge >= 0.3 is 6.08 Å². The van der Waals surface area contributed by atoms with E-state index in [4.69, 9.17) is 5.73 Å². The number of aryl methyl sites for hydroxylation is 1. The molecule has 6 nitrogen and oxygen atoms in total. The molecule has 19 heavy (non-hydrogen) atoms. The van der Waals surface area contributed by atoms with Gasteiger partial charge in [-0.15, -0.1) is 0 Å². The topological polar surface area (TPSA) is 81.7 Å². The Labute approximate surface area is 111 Å². The highest BCUT2D eigenvalue weighted by Crippen LogP contribution is 2.18. The number of hydrogen-bond acceptors (Lipinski definition) is 5. The molecule has 0 spiro atoms. The minimum Gasteiger partial charge on any atom is -0.382 e. The highest BCUT2D eigenvalue weighted by Gasteiger charge is 2.13. The normalized spacial score (nSPS) is 11.6. The van der Waals surface area contributed by atoms with Crippen LogP contribution in [0.2, 0.25) is 0 Å². The predicted molar refractivity (Wildman–Crippen MR) is 72.1 cm³/mol. The highest BCUT2D eigenvalue weighted by atomic mass is 19.1. The fraction of sp³-hybridized carbons (Fsp3) is 0.583. The maximum Gasteiger partial charge on any atom is 0.312 e. The summed E-state index contributed by atoms with van der Waals surface area (Å²) in [4.78, 5) is 11.6. The maximum atomic E-state index is 13.2. The first-order valence-corrected chi connectivity index (χ1v) is 6.35. The molecule has 2 heterocycles. The Balaban J connectivity index is 2.20. The third-order valence-electron chi connectivity index (χ3n) is 2.85. The van der Waals surface area contributed by atoms with E-state index in [9.17, 15) is 4.39 Å². The minimum atomic E-state index is -0.818. The van der Waals surface area contributed by atoms with Crippen molar-refractivity contribution in [1.29, 1.82) is 0 Å². The Kier molecular flexibility index (Phi) is 3.94. The number of rotatable bonds is 5. The molecule has 3 N–H and O–H groups in total. The fourth-order valence-corrected chi connectivity index (χ4v) is 1.95. The van der Waals surface area contributed by atoms with Crippen molar-refractivity contribution in [3.05, 3.63) is 11.9 Å². The fourth-order valence-electron chi connectivity index (χ4n) is 1.95. The first-order chi connectivity index (χ1) is 8.99. The lowest BCUT2D eigenvalue weighted by atomic mass is 10.2. The van der Waals surface area contributed by atoms with Gasteiger partial charge in [0.1, 0.15) is 5.82 Å². The van der Waals surface area contributed by atoms with Gasteiger partial charge in [0.25, 0.3) is 0 Å². The van der Waals surface area contributed by atoms with E-state index >= 15 is 0 Å². The quantitative estimate of drug-likeness (QED) is 0.625. The van der Waals surface area contributed by atoms with Gasteiger partial charge in [-0.05, 0) is 19.4 Å². The smallest absolute Gasteiger partial charge is 0.312 e. The molecule has 0 atom stereocenters. The molecule has 0 aliphatic heterocycles. The molecule has 0 amide bonds. The summed E-state index contributed by atoms with van der Waals surface area (Å²) in [5, 5.41) is 3.33. The van der Waals surface area contributed by atoms with Gasteiger partial charge in [0.2, 0.25) is 0 Å². The Bertz CT molecular complexity index is 577. The zero-order chi connectivity index (χ0) is 14.0. The molecule has 0 saturated carbocycles. The lowest BCUT2D eigenvalue weighted by Gasteiger charge is -2.09. The summed E-state index contributed by atoms with van der Waals surface area (Å²) >= 11 is 0. The monoisotopic (exact) mass is 266 g/mol. The van der Waals surface area contributed by atoms with Crippen LogP contribution in [0.1, 0.15) is 19.7 Å². The van der Waals surface area contributed by atoms with Crippen LogP contribution in [0, 0.1) is 18.9 Å². The molecule has 0 aliphatic carbocycles. The van der Waals surface area contributed by atoms with Gasteiger partial charge in [-0.3, -0.25) is 0 Å². The van der Waals surface area contributed by atoms with Gasteiger partial charge in [-0.2, -0.15) is 14.4 Å². The van der Waals surface area contributed by atoms with E-state index in [1.165, 1.54) is 0 Å². The van der Waals surface area contributed by atoms with E-state index in [0.29, 0.717) is 23.6 Å². The summed E-state index contributed by atoms with van der Waals surface area (Å²) in [6, 6.07) is 0. The van der Waals surface area contributed by atoms with Gasteiger partial charge in [0.05, 0.1) is 0 Å². The summed E-state index contributed by atoms with van der Waals surface area (Å²) < 4.78 is 15.1. The van der Waals surface area contributed by atoms with Crippen LogP contribution in [0.15, 0.2) is 0 Å². The number of anilines is 1. The van der Waals surface area contributed by atoms with Crippen molar-refractivity contribution in [2.24, 2.45) is 5.92 Å². The molecule has 2 aromatic heterocycles. The summed E-state index contributed by atoms with van der Waals surface area (Å²) in [7, 11) is 0. The molecule has 2 aromatic rings. The Hall–Kier alpha value is -1.76. The molecule has 0 aromatic carbocycles. The van der Waals surface area contributed by atoms with Crippen LogP contribution in [-0.2, 0) is 6.54 Å². The lowest BCUT2D eigenvalue weighted by Crippen LogP contribution is -2.24. The van der Waals surface area contributed by atoms with Crippen molar-refractivity contribution in [3.8, 4) is 0 Å². The van der Waals surface area contributed by atoms with Crippen LogP contribution in [0.3, 0.4) is 0 Å². The van der Waals surface area contributed by atoms with Gasteiger partial charge < -0.3 is 15.6 Å². The van der Waals surface area contributed by atoms with Crippen LogP contribution >= 0.6 is 0 Å². The van der Waals surface area contributed by atoms with Crippen molar-refractivity contribution >= 4 is 17.0 Å². The molecular weight excluding hydrogens is 247 g/mol. The molecule has 0 aliphatic rings. The first kappa shape index (κ1) is 13.7.